The summed E-state index contributed by atoms with van der Waals surface area (Å²) >= 11 is 0. The van der Waals surface area contributed by atoms with Crippen molar-refractivity contribution in [2.45, 2.75) is 117 Å². The predicted octanol–water partition coefficient (Wildman–Crippen LogP) is 7.19. The first-order valence-corrected chi connectivity index (χ1v) is 13.9. The van der Waals surface area contributed by atoms with E-state index in [2.05, 4.69) is 53.3 Å². The molecule has 9 atom stereocenters. The van der Waals surface area contributed by atoms with Crippen molar-refractivity contribution in [3.05, 3.63) is 24.3 Å². The highest BCUT2D eigenvalue weighted by molar-refractivity contribution is 5.66. The Morgan fingerprint density at radius 2 is 1.82 bits per heavy atom. The van der Waals surface area contributed by atoms with Crippen LogP contribution in [0.25, 0.3) is 0 Å². The van der Waals surface area contributed by atoms with Gasteiger partial charge in [0, 0.05) is 30.6 Å². The average Bonchev–Trinajstić information content (AvgIpc) is 3.14. The maximum Gasteiger partial charge on any atom is 0.302 e. The molecule has 0 N–H and O–H groups in total. The summed E-state index contributed by atoms with van der Waals surface area (Å²) in [5.74, 6) is 2.76. The van der Waals surface area contributed by atoms with E-state index in [1.165, 1.54) is 44.6 Å². The monoisotopic (exact) mass is 470 g/mol. The normalized spacial score (nSPS) is 47.6. The molecule has 0 aromatic rings. The fraction of sp³-hybridized carbons (Fsp3) is 0.833. The van der Waals surface area contributed by atoms with Crippen LogP contribution in [-0.4, -0.2) is 23.3 Å². The molecule has 0 aromatic carbocycles. The Morgan fingerprint density at radius 3 is 2.47 bits per heavy atom. The average molecular weight is 471 g/mol. The van der Waals surface area contributed by atoms with Gasteiger partial charge in [-0.25, -0.2) is 9.78 Å². The van der Waals surface area contributed by atoms with E-state index < -0.39 is 5.60 Å². The zero-order valence-electron chi connectivity index (χ0n) is 22.3. The fourth-order valence-electron chi connectivity index (χ4n) is 9.30. The number of carbonyl (C=O) groups excluding carboxylic acids is 1. The van der Waals surface area contributed by atoms with Crippen molar-refractivity contribution in [3.63, 3.8) is 0 Å². The molecule has 0 aromatic heterocycles. The molecule has 4 heteroatoms. The summed E-state index contributed by atoms with van der Waals surface area (Å²) < 4.78 is 5.63. The Kier molecular flexibility index (Phi) is 5.92. The molecular weight excluding hydrogens is 424 g/mol. The van der Waals surface area contributed by atoms with Gasteiger partial charge in [-0.15, -0.1) is 0 Å². The van der Waals surface area contributed by atoms with E-state index in [1.54, 1.807) is 0 Å². The molecule has 2 aliphatic heterocycles. The number of esters is 1. The first-order chi connectivity index (χ1) is 16.0. The van der Waals surface area contributed by atoms with E-state index in [0.717, 1.165) is 25.2 Å². The summed E-state index contributed by atoms with van der Waals surface area (Å²) in [4.78, 5) is 24.6. The summed E-state index contributed by atoms with van der Waals surface area (Å²) in [6.45, 7) is 17.8. The number of hydrogen-bond donors (Lipinski definition) is 0. The fourth-order valence-corrected chi connectivity index (χ4v) is 9.30. The summed E-state index contributed by atoms with van der Waals surface area (Å²) in [7, 11) is 0. The number of hydrogen-bond acceptors (Lipinski definition) is 4. The van der Waals surface area contributed by atoms with Crippen LogP contribution < -0.4 is 0 Å². The van der Waals surface area contributed by atoms with E-state index in [0.29, 0.717) is 30.1 Å². The molecular formula is C30H46O4. The maximum absolute atomic E-state index is 11.6. The number of rotatable bonds is 6. The van der Waals surface area contributed by atoms with Crippen LogP contribution in [0.5, 0.6) is 0 Å². The first kappa shape index (κ1) is 24.6. The van der Waals surface area contributed by atoms with Gasteiger partial charge in [0.1, 0.15) is 17.3 Å². The van der Waals surface area contributed by atoms with Gasteiger partial charge in [0.2, 0.25) is 0 Å². The minimum Gasteiger partial charge on any atom is -0.462 e. The molecule has 9 unspecified atom stereocenters. The molecule has 34 heavy (non-hydrogen) atoms. The van der Waals surface area contributed by atoms with Gasteiger partial charge in [-0.2, -0.15) is 0 Å². The summed E-state index contributed by atoms with van der Waals surface area (Å²) in [6.07, 6.45) is 14.6. The van der Waals surface area contributed by atoms with Crippen molar-refractivity contribution in [2.24, 2.45) is 40.4 Å². The van der Waals surface area contributed by atoms with Crippen LogP contribution in [-0.2, 0) is 19.3 Å². The number of fused-ring (bicyclic) bond motifs is 2. The highest BCUT2D eigenvalue weighted by atomic mass is 17.2. The van der Waals surface area contributed by atoms with Gasteiger partial charge in [-0.3, -0.25) is 4.79 Å². The van der Waals surface area contributed by atoms with Crippen molar-refractivity contribution in [2.75, 3.05) is 0 Å². The molecule has 3 saturated carbocycles. The highest BCUT2D eigenvalue weighted by Crippen LogP contribution is 2.73. The van der Waals surface area contributed by atoms with Crippen LogP contribution in [0, 0.1) is 40.4 Å². The van der Waals surface area contributed by atoms with Crippen LogP contribution in [0.15, 0.2) is 24.3 Å². The molecule has 2 bridgehead atoms. The smallest absolute Gasteiger partial charge is 0.302 e. The molecule has 190 valence electrons. The molecule has 4 aliphatic carbocycles. The second-order valence-corrected chi connectivity index (χ2v) is 13.3. The molecule has 1 saturated heterocycles. The van der Waals surface area contributed by atoms with Crippen molar-refractivity contribution in [1.82, 2.24) is 0 Å². The minimum atomic E-state index is -0.478. The topological polar surface area (TPSA) is 44.8 Å². The van der Waals surface area contributed by atoms with Crippen LogP contribution >= 0.6 is 0 Å². The van der Waals surface area contributed by atoms with Gasteiger partial charge in [0.25, 0.3) is 0 Å². The van der Waals surface area contributed by atoms with Crippen LogP contribution in [0.3, 0.4) is 0 Å². The molecule has 6 rings (SSSR count). The third-order valence-electron chi connectivity index (χ3n) is 11.4. The molecule has 4 nitrogen and oxygen atoms in total. The Balaban J connectivity index is 1.39. The van der Waals surface area contributed by atoms with Crippen molar-refractivity contribution < 1.29 is 19.3 Å². The van der Waals surface area contributed by atoms with E-state index in [-0.39, 0.29) is 28.5 Å². The van der Waals surface area contributed by atoms with Crippen molar-refractivity contribution >= 4 is 5.97 Å². The minimum absolute atomic E-state index is 0.0245. The van der Waals surface area contributed by atoms with E-state index in [1.807, 2.05) is 0 Å². The van der Waals surface area contributed by atoms with Crippen LogP contribution in [0.1, 0.15) is 99.3 Å². The van der Waals surface area contributed by atoms with Crippen LogP contribution in [0.2, 0.25) is 0 Å². The number of allylic oxidation sites excluding steroid dienone is 1. The summed E-state index contributed by atoms with van der Waals surface area (Å²) in [6, 6.07) is 0. The lowest BCUT2D eigenvalue weighted by Gasteiger charge is -2.69. The maximum atomic E-state index is 11.6. The van der Waals surface area contributed by atoms with Gasteiger partial charge >= 0.3 is 5.97 Å². The highest BCUT2D eigenvalue weighted by Gasteiger charge is 2.74. The quantitative estimate of drug-likeness (QED) is 0.234. The first-order valence-electron chi connectivity index (χ1n) is 13.9. The second kappa shape index (κ2) is 8.20. The second-order valence-electron chi connectivity index (χ2n) is 13.3. The predicted molar refractivity (Wildman–Crippen MR) is 134 cm³/mol. The Bertz CT molecular complexity index is 877. The zero-order chi connectivity index (χ0) is 24.5. The summed E-state index contributed by atoms with van der Waals surface area (Å²) in [5, 5.41) is 0. The van der Waals surface area contributed by atoms with Gasteiger partial charge in [0.05, 0.1) is 0 Å². The summed E-state index contributed by atoms with van der Waals surface area (Å²) in [5.41, 5.74) is 0.908. The zero-order valence-corrected chi connectivity index (χ0v) is 22.3. The molecule has 2 spiro atoms. The van der Waals surface area contributed by atoms with Gasteiger partial charge < -0.3 is 4.74 Å². The van der Waals surface area contributed by atoms with E-state index in [4.69, 9.17) is 14.5 Å². The Hall–Kier alpha value is -1.13. The lowest BCUT2D eigenvalue weighted by atomic mass is 9.42. The van der Waals surface area contributed by atoms with Crippen molar-refractivity contribution in [1.29, 1.82) is 0 Å². The molecule has 6 aliphatic rings. The van der Waals surface area contributed by atoms with E-state index in [9.17, 15) is 4.79 Å². The third kappa shape index (κ3) is 3.34. The molecule has 0 radical (unpaired) electrons. The molecule has 0 amide bonds. The van der Waals surface area contributed by atoms with Crippen LogP contribution in [0.4, 0.5) is 0 Å². The van der Waals surface area contributed by atoms with Gasteiger partial charge in [-0.1, -0.05) is 52.8 Å². The molecule has 2 heterocycles. The Labute approximate surface area is 206 Å². The van der Waals surface area contributed by atoms with Gasteiger partial charge in [0.15, 0.2) is 0 Å². The Morgan fingerprint density at radius 1 is 1.06 bits per heavy atom. The largest absolute Gasteiger partial charge is 0.462 e. The van der Waals surface area contributed by atoms with Gasteiger partial charge in [-0.05, 0) is 80.6 Å². The van der Waals surface area contributed by atoms with Crippen molar-refractivity contribution in [3.8, 4) is 0 Å². The lowest BCUT2D eigenvalue weighted by Crippen LogP contribution is -2.73. The van der Waals surface area contributed by atoms with E-state index >= 15 is 0 Å². The number of carbonyl (C=O) groups is 1. The third-order valence-corrected chi connectivity index (χ3v) is 11.4. The standard InChI is InChI=1S/C30H46O4/c1-19(2)20(3)8-9-21(4)24-10-11-25-27(24,6)14-13-26-28(7)15-12-23(32-22(5)31)18-29(28)16-17-30(25,26)34-33-29/h16-17,19,21,23-26H,3,8-15,18H2,1-2,4-7H3. The number of ether oxygens (including phenoxy) is 1. The lowest BCUT2D eigenvalue weighted by molar-refractivity contribution is -0.497. The SMILES string of the molecule is C=C(CCC(C)C1CCC2C1(C)CCC1C23C=CC2(CC(OC(C)=O)CCC12C)OO3)C(C)C. The molecule has 4 fully saturated rings.